The number of anilines is 1. The molecule has 0 saturated carbocycles. The van der Waals surface area contributed by atoms with E-state index in [2.05, 4.69) is 10.3 Å². The largest absolute Gasteiger partial charge is 0.417 e. The molecule has 0 atom stereocenters. The summed E-state index contributed by atoms with van der Waals surface area (Å²) in [6.45, 7) is 1.86. The standard InChI is InChI=1S/C18H13F3N2OS/c1-11-22-16(10-25-11)13-7-3-5-9-15(13)23-17(24)12-6-2-4-8-14(12)18(19,20)21/h2-10H,1H3,(H,23,24). The third-order valence-electron chi connectivity index (χ3n) is 3.55. The molecule has 1 amide bonds. The van der Waals surface area contributed by atoms with Gasteiger partial charge in [-0.25, -0.2) is 4.98 Å². The molecule has 1 aromatic heterocycles. The predicted molar refractivity (Wildman–Crippen MR) is 91.7 cm³/mol. The second kappa shape index (κ2) is 6.68. The summed E-state index contributed by atoms with van der Waals surface area (Å²) in [5.74, 6) is -0.813. The number of para-hydroxylation sites is 1. The lowest BCUT2D eigenvalue weighted by Gasteiger charge is -2.14. The van der Waals surface area contributed by atoms with Crippen LogP contribution in [0.2, 0.25) is 0 Å². The molecule has 0 aliphatic carbocycles. The summed E-state index contributed by atoms with van der Waals surface area (Å²) in [6, 6.07) is 11.6. The normalized spacial score (nSPS) is 11.4. The number of hydrogen-bond acceptors (Lipinski definition) is 3. The van der Waals surface area contributed by atoms with Gasteiger partial charge in [-0.2, -0.15) is 13.2 Å². The average molecular weight is 362 g/mol. The highest BCUT2D eigenvalue weighted by Gasteiger charge is 2.34. The van der Waals surface area contributed by atoms with Gasteiger partial charge in [0.1, 0.15) is 0 Å². The molecule has 128 valence electrons. The minimum absolute atomic E-state index is 0.412. The van der Waals surface area contributed by atoms with Gasteiger partial charge in [-0.3, -0.25) is 4.79 Å². The summed E-state index contributed by atoms with van der Waals surface area (Å²) in [4.78, 5) is 16.8. The lowest BCUT2D eigenvalue weighted by atomic mass is 10.1. The molecular weight excluding hydrogens is 349 g/mol. The molecule has 1 N–H and O–H groups in total. The summed E-state index contributed by atoms with van der Waals surface area (Å²) < 4.78 is 39.3. The zero-order chi connectivity index (χ0) is 18.0. The number of hydrogen-bond donors (Lipinski definition) is 1. The molecule has 0 fully saturated rings. The Morgan fingerprint density at radius 1 is 1.08 bits per heavy atom. The first kappa shape index (κ1) is 17.2. The Hall–Kier alpha value is -2.67. The number of carbonyl (C=O) groups is 1. The van der Waals surface area contributed by atoms with E-state index in [1.54, 1.807) is 24.3 Å². The van der Waals surface area contributed by atoms with Crippen molar-refractivity contribution in [3.8, 4) is 11.3 Å². The minimum Gasteiger partial charge on any atom is -0.321 e. The first-order valence-corrected chi connectivity index (χ1v) is 8.23. The van der Waals surface area contributed by atoms with Crippen LogP contribution in [0.4, 0.5) is 18.9 Å². The molecule has 0 saturated heterocycles. The maximum absolute atomic E-state index is 13.1. The smallest absolute Gasteiger partial charge is 0.321 e. The van der Waals surface area contributed by atoms with Crippen LogP contribution in [0.5, 0.6) is 0 Å². The molecule has 0 unspecified atom stereocenters. The molecule has 3 nitrogen and oxygen atoms in total. The van der Waals surface area contributed by atoms with Crippen LogP contribution in [0.25, 0.3) is 11.3 Å². The highest BCUT2D eigenvalue weighted by molar-refractivity contribution is 7.09. The fourth-order valence-electron chi connectivity index (χ4n) is 2.42. The molecule has 0 aliphatic rings. The fourth-order valence-corrected chi connectivity index (χ4v) is 3.03. The molecule has 0 radical (unpaired) electrons. The number of thiazole rings is 1. The molecule has 7 heteroatoms. The zero-order valence-corrected chi connectivity index (χ0v) is 13.9. The number of aromatic nitrogens is 1. The van der Waals surface area contributed by atoms with Crippen molar-refractivity contribution in [1.82, 2.24) is 4.98 Å². The van der Waals surface area contributed by atoms with Gasteiger partial charge in [0, 0.05) is 10.9 Å². The van der Waals surface area contributed by atoms with Crippen molar-refractivity contribution in [1.29, 1.82) is 0 Å². The van der Waals surface area contributed by atoms with Gasteiger partial charge < -0.3 is 5.32 Å². The van der Waals surface area contributed by atoms with E-state index < -0.39 is 23.2 Å². The van der Waals surface area contributed by atoms with Gasteiger partial charge in [-0.1, -0.05) is 30.3 Å². The lowest BCUT2D eigenvalue weighted by Crippen LogP contribution is -2.19. The van der Waals surface area contributed by atoms with Gasteiger partial charge in [0.05, 0.1) is 27.5 Å². The van der Waals surface area contributed by atoms with Crippen LogP contribution in [0.15, 0.2) is 53.9 Å². The number of nitrogens with one attached hydrogen (secondary N) is 1. The molecule has 1 heterocycles. The SMILES string of the molecule is Cc1nc(-c2ccccc2NC(=O)c2ccccc2C(F)(F)F)cs1. The number of aryl methyl sites for hydroxylation is 1. The Kier molecular flexibility index (Phi) is 4.59. The summed E-state index contributed by atoms with van der Waals surface area (Å²) in [5, 5.41) is 5.27. The van der Waals surface area contributed by atoms with Crippen molar-refractivity contribution in [3.63, 3.8) is 0 Å². The molecule has 3 rings (SSSR count). The van der Waals surface area contributed by atoms with Gasteiger partial charge in [0.25, 0.3) is 5.91 Å². The van der Waals surface area contributed by atoms with Crippen LogP contribution in [-0.4, -0.2) is 10.9 Å². The van der Waals surface area contributed by atoms with Crippen molar-refractivity contribution in [3.05, 3.63) is 70.0 Å². The predicted octanol–water partition coefficient (Wildman–Crippen LogP) is 5.39. The molecule has 3 aromatic rings. The maximum atomic E-state index is 13.1. The number of benzene rings is 2. The molecular formula is C18H13F3N2OS. The highest BCUT2D eigenvalue weighted by Crippen LogP contribution is 2.33. The van der Waals surface area contributed by atoms with E-state index >= 15 is 0 Å². The zero-order valence-electron chi connectivity index (χ0n) is 13.1. The van der Waals surface area contributed by atoms with E-state index in [4.69, 9.17) is 0 Å². The van der Waals surface area contributed by atoms with E-state index in [9.17, 15) is 18.0 Å². The van der Waals surface area contributed by atoms with E-state index in [1.165, 1.54) is 23.5 Å². The number of amides is 1. The van der Waals surface area contributed by atoms with Crippen molar-refractivity contribution >= 4 is 22.9 Å². The summed E-state index contributed by atoms with van der Waals surface area (Å²) in [7, 11) is 0. The van der Waals surface area contributed by atoms with Crippen LogP contribution < -0.4 is 5.32 Å². The molecule has 0 aliphatic heterocycles. The fraction of sp³-hybridized carbons (Fsp3) is 0.111. The van der Waals surface area contributed by atoms with Crippen LogP contribution in [-0.2, 0) is 6.18 Å². The monoisotopic (exact) mass is 362 g/mol. The van der Waals surface area contributed by atoms with Crippen LogP contribution in [0.1, 0.15) is 20.9 Å². The molecule has 0 bridgehead atoms. The van der Waals surface area contributed by atoms with Crippen LogP contribution in [0, 0.1) is 6.92 Å². The molecule has 2 aromatic carbocycles. The van der Waals surface area contributed by atoms with Crippen molar-refractivity contribution in [2.75, 3.05) is 5.32 Å². The average Bonchev–Trinajstić information content (AvgIpc) is 3.01. The number of carbonyl (C=O) groups excluding carboxylic acids is 1. The van der Waals surface area contributed by atoms with Crippen LogP contribution in [0.3, 0.4) is 0 Å². The van der Waals surface area contributed by atoms with Crippen molar-refractivity contribution < 1.29 is 18.0 Å². The Balaban J connectivity index is 1.96. The molecule has 25 heavy (non-hydrogen) atoms. The topological polar surface area (TPSA) is 42.0 Å². The van der Waals surface area contributed by atoms with Crippen molar-refractivity contribution in [2.24, 2.45) is 0 Å². The third kappa shape index (κ3) is 3.71. The second-order valence-electron chi connectivity index (χ2n) is 5.29. The van der Waals surface area contributed by atoms with E-state index in [1.807, 2.05) is 12.3 Å². The van der Waals surface area contributed by atoms with Gasteiger partial charge in [0.15, 0.2) is 0 Å². The van der Waals surface area contributed by atoms with Gasteiger partial charge in [-0.05, 0) is 25.1 Å². The number of nitrogens with zero attached hydrogens (tertiary/aromatic N) is 1. The first-order valence-electron chi connectivity index (χ1n) is 7.35. The molecule has 0 spiro atoms. The lowest BCUT2D eigenvalue weighted by molar-refractivity contribution is -0.137. The highest BCUT2D eigenvalue weighted by atomic mass is 32.1. The van der Waals surface area contributed by atoms with E-state index in [-0.39, 0.29) is 0 Å². The van der Waals surface area contributed by atoms with Gasteiger partial charge in [0.2, 0.25) is 0 Å². The second-order valence-corrected chi connectivity index (χ2v) is 6.36. The maximum Gasteiger partial charge on any atom is 0.417 e. The Morgan fingerprint density at radius 3 is 2.44 bits per heavy atom. The summed E-state index contributed by atoms with van der Waals surface area (Å²) in [5.41, 5.74) is 0.357. The quantitative estimate of drug-likeness (QED) is 0.679. The van der Waals surface area contributed by atoms with Gasteiger partial charge in [-0.15, -0.1) is 11.3 Å². The van der Waals surface area contributed by atoms with Crippen LogP contribution >= 0.6 is 11.3 Å². The summed E-state index contributed by atoms with van der Waals surface area (Å²) >= 11 is 1.46. The summed E-state index contributed by atoms with van der Waals surface area (Å²) in [6.07, 6.45) is -4.60. The Labute approximate surface area is 146 Å². The van der Waals surface area contributed by atoms with Crippen molar-refractivity contribution in [2.45, 2.75) is 13.1 Å². The number of rotatable bonds is 3. The Bertz CT molecular complexity index is 918. The third-order valence-corrected chi connectivity index (χ3v) is 4.32. The van der Waals surface area contributed by atoms with E-state index in [0.717, 1.165) is 17.1 Å². The minimum atomic E-state index is -4.60. The number of alkyl halides is 3. The first-order chi connectivity index (χ1) is 11.9. The number of halogens is 3. The van der Waals surface area contributed by atoms with E-state index in [0.29, 0.717) is 16.9 Å². The van der Waals surface area contributed by atoms with Gasteiger partial charge >= 0.3 is 6.18 Å². The Morgan fingerprint density at radius 2 is 1.76 bits per heavy atom.